The molecule has 6 heteroatoms. The Morgan fingerprint density at radius 2 is 1.66 bits per heavy atom. The normalized spacial score (nSPS) is 14.0. The number of halogens is 1. The van der Waals surface area contributed by atoms with Crippen molar-refractivity contribution in [3.05, 3.63) is 65.5 Å². The van der Waals surface area contributed by atoms with Crippen molar-refractivity contribution >= 4 is 17.5 Å². The van der Waals surface area contributed by atoms with Crippen LogP contribution in [-0.4, -0.2) is 54.3 Å². The van der Waals surface area contributed by atoms with E-state index in [1.807, 2.05) is 47.1 Å². The minimum Gasteiger partial charge on any atom is -0.366 e. The highest BCUT2D eigenvalue weighted by atomic mass is 19.1. The molecular weight excluding hydrogens is 369 g/mol. The summed E-state index contributed by atoms with van der Waals surface area (Å²) in [6.45, 7) is 6.79. The van der Waals surface area contributed by atoms with E-state index in [0.717, 1.165) is 5.56 Å². The van der Waals surface area contributed by atoms with Crippen molar-refractivity contribution in [1.29, 1.82) is 0 Å². The molecule has 1 aliphatic heterocycles. The summed E-state index contributed by atoms with van der Waals surface area (Å²) in [6, 6.07) is 14.8. The van der Waals surface area contributed by atoms with E-state index in [2.05, 4.69) is 0 Å². The molecule has 0 N–H and O–H groups in total. The molecule has 0 spiro atoms. The Bertz CT molecular complexity index is 845. The lowest BCUT2D eigenvalue weighted by molar-refractivity contribution is -0.134. The Hall–Kier alpha value is -2.89. The predicted molar refractivity (Wildman–Crippen MR) is 112 cm³/mol. The lowest BCUT2D eigenvalue weighted by Gasteiger charge is -2.36. The quantitative estimate of drug-likeness (QED) is 0.752. The summed E-state index contributed by atoms with van der Waals surface area (Å²) >= 11 is 0. The fourth-order valence-electron chi connectivity index (χ4n) is 3.56. The fourth-order valence-corrected chi connectivity index (χ4v) is 3.56. The van der Waals surface area contributed by atoms with Crippen LogP contribution in [0.2, 0.25) is 0 Å². The minimum atomic E-state index is -0.236. The lowest BCUT2D eigenvalue weighted by atomic mass is 10.1. The van der Waals surface area contributed by atoms with Crippen LogP contribution in [0.5, 0.6) is 0 Å². The van der Waals surface area contributed by atoms with E-state index in [9.17, 15) is 14.0 Å². The number of para-hydroxylation sites is 1. The van der Waals surface area contributed by atoms with Gasteiger partial charge in [0.25, 0.3) is 0 Å². The van der Waals surface area contributed by atoms with Gasteiger partial charge in [-0.1, -0.05) is 42.0 Å². The van der Waals surface area contributed by atoms with E-state index in [-0.39, 0.29) is 17.6 Å². The molecule has 3 rings (SSSR count). The van der Waals surface area contributed by atoms with Gasteiger partial charge in [-0.15, -0.1) is 0 Å². The summed E-state index contributed by atoms with van der Waals surface area (Å²) in [5, 5.41) is 0. The largest absolute Gasteiger partial charge is 0.366 e. The van der Waals surface area contributed by atoms with Gasteiger partial charge in [0.1, 0.15) is 5.82 Å². The molecule has 0 saturated carbocycles. The van der Waals surface area contributed by atoms with Gasteiger partial charge in [0.2, 0.25) is 11.8 Å². The van der Waals surface area contributed by atoms with Crippen LogP contribution < -0.4 is 4.90 Å². The molecule has 2 amide bonds. The predicted octanol–water partition coefficient (Wildman–Crippen LogP) is 3.22. The van der Waals surface area contributed by atoms with Crippen LogP contribution in [0, 0.1) is 12.7 Å². The summed E-state index contributed by atoms with van der Waals surface area (Å²) in [5.41, 5.74) is 2.81. The number of rotatable bonds is 6. The molecule has 1 heterocycles. The molecule has 154 valence electrons. The molecule has 0 radical (unpaired) electrons. The van der Waals surface area contributed by atoms with Crippen molar-refractivity contribution in [2.24, 2.45) is 0 Å². The number of amides is 2. The number of hydrogen-bond donors (Lipinski definition) is 0. The van der Waals surface area contributed by atoms with Gasteiger partial charge in [-0.25, -0.2) is 4.39 Å². The maximum Gasteiger partial charge on any atom is 0.224 e. The van der Waals surface area contributed by atoms with Crippen LogP contribution in [0.25, 0.3) is 0 Å². The van der Waals surface area contributed by atoms with Gasteiger partial charge in [0.05, 0.1) is 5.69 Å². The summed E-state index contributed by atoms with van der Waals surface area (Å²) in [6.07, 6.45) is 0.297. The summed E-state index contributed by atoms with van der Waals surface area (Å²) in [5.74, 6) is -0.239. The molecule has 5 nitrogen and oxygen atoms in total. The van der Waals surface area contributed by atoms with E-state index in [1.165, 1.54) is 18.6 Å². The maximum atomic E-state index is 14.0. The zero-order valence-corrected chi connectivity index (χ0v) is 17.1. The maximum absolute atomic E-state index is 14.0. The number of hydrogen-bond acceptors (Lipinski definition) is 3. The molecular formula is C23H28FN3O2. The van der Waals surface area contributed by atoms with Crippen LogP contribution in [0.1, 0.15) is 24.5 Å². The second kappa shape index (κ2) is 9.54. The Morgan fingerprint density at radius 3 is 2.28 bits per heavy atom. The van der Waals surface area contributed by atoms with Crippen LogP contribution in [0.3, 0.4) is 0 Å². The topological polar surface area (TPSA) is 43.9 Å². The highest BCUT2D eigenvalue weighted by molar-refractivity contribution is 5.78. The third kappa shape index (κ3) is 5.56. The SMILES string of the molecule is CC(=O)N(CCC(=O)N1CCN(c2ccccc2F)CC1)Cc1ccc(C)cc1. The van der Waals surface area contributed by atoms with E-state index in [4.69, 9.17) is 0 Å². The average molecular weight is 397 g/mol. The second-order valence-electron chi connectivity index (χ2n) is 7.50. The van der Waals surface area contributed by atoms with Gasteiger partial charge in [-0.2, -0.15) is 0 Å². The summed E-state index contributed by atoms with van der Waals surface area (Å²) < 4.78 is 14.0. The molecule has 29 heavy (non-hydrogen) atoms. The van der Waals surface area contributed by atoms with Gasteiger partial charge in [0.15, 0.2) is 0 Å². The van der Waals surface area contributed by atoms with Crippen molar-refractivity contribution in [3.63, 3.8) is 0 Å². The highest BCUT2D eigenvalue weighted by Gasteiger charge is 2.23. The minimum absolute atomic E-state index is 0.0355. The van der Waals surface area contributed by atoms with Gasteiger partial charge in [-0.05, 0) is 24.6 Å². The van der Waals surface area contributed by atoms with Gasteiger partial charge in [0, 0.05) is 52.6 Å². The molecule has 0 unspecified atom stereocenters. The van der Waals surface area contributed by atoms with Crippen LogP contribution in [-0.2, 0) is 16.1 Å². The molecule has 2 aromatic carbocycles. The number of anilines is 1. The molecule has 1 aliphatic rings. The Morgan fingerprint density at radius 1 is 1.00 bits per heavy atom. The first-order chi connectivity index (χ1) is 13.9. The first-order valence-corrected chi connectivity index (χ1v) is 10.0. The third-order valence-corrected chi connectivity index (χ3v) is 5.36. The number of carbonyl (C=O) groups excluding carboxylic acids is 2. The van der Waals surface area contributed by atoms with Crippen molar-refractivity contribution in [2.75, 3.05) is 37.6 Å². The molecule has 1 saturated heterocycles. The lowest BCUT2D eigenvalue weighted by Crippen LogP contribution is -2.49. The molecule has 2 aromatic rings. The summed E-state index contributed by atoms with van der Waals surface area (Å²) in [4.78, 5) is 30.1. The molecule has 0 aromatic heterocycles. The third-order valence-electron chi connectivity index (χ3n) is 5.36. The zero-order valence-electron chi connectivity index (χ0n) is 17.1. The Labute approximate surface area is 171 Å². The van der Waals surface area contributed by atoms with Crippen LogP contribution in [0.4, 0.5) is 10.1 Å². The standard InChI is InChI=1S/C23H28FN3O2/c1-18-7-9-20(10-8-18)17-27(19(2)28)12-11-23(29)26-15-13-25(14-16-26)22-6-4-3-5-21(22)24/h3-10H,11-17H2,1-2H3. The molecule has 1 fully saturated rings. The van der Waals surface area contributed by atoms with Gasteiger partial charge >= 0.3 is 0 Å². The van der Waals surface area contributed by atoms with E-state index < -0.39 is 0 Å². The highest BCUT2D eigenvalue weighted by Crippen LogP contribution is 2.20. The van der Waals surface area contributed by atoms with E-state index in [1.54, 1.807) is 17.0 Å². The number of carbonyl (C=O) groups is 2. The number of piperazine rings is 1. The van der Waals surface area contributed by atoms with Crippen LogP contribution in [0.15, 0.2) is 48.5 Å². The molecule has 0 atom stereocenters. The average Bonchev–Trinajstić information content (AvgIpc) is 2.72. The first-order valence-electron chi connectivity index (χ1n) is 10.0. The smallest absolute Gasteiger partial charge is 0.224 e. The van der Waals surface area contributed by atoms with Gasteiger partial charge in [-0.3, -0.25) is 9.59 Å². The van der Waals surface area contributed by atoms with Crippen molar-refractivity contribution in [3.8, 4) is 0 Å². The molecule has 0 bridgehead atoms. The summed E-state index contributed by atoms with van der Waals surface area (Å²) in [7, 11) is 0. The Kier molecular flexibility index (Phi) is 6.86. The zero-order chi connectivity index (χ0) is 20.8. The number of aryl methyl sites for hydroxylation is 1. The first kappa shape index (κ1) is 20.8. The second-order valence-corrected chi connectivity index (χ2v) is 7.50. The Balaban J connectivity index is 1.50. The number of nitrogens with zero attached hydrogens (tertiary/aromatic N) is 3. The van der Waals surface area contributed by atoms with E-state index in [0.29, 0.717) is 51.4 Å². The van der Waals surface area contributed by atoms with Gasteiger partial charge < -0.3 is 14.7 Å². The van der Waals surface area contributed by atoms with Crippen LogP contribution >= 0.6 is 0 Å². The fraction of sp³-hybridized carbons (Fsp3) is 0.391. The van der Waals surface area contributed by atoms with Crippen molar-refractivity contribution in [1.82, 2.24) is 9.80 Å². The van der Waals surface area contributed by atoms with Crippen molar-refractivity contribution in [2.45, 2.75) is 26.8 Å². The monoisotopic (exact) mass is 397 g/mol. The van der Waals surface area contributed by atoms with E-state index >= 15 is 0 Å². The van der Waals surface area contributed by atoms with Crippen molar-refractivity contribution < 1.29 is 14.0 Å². The number of benzene rings is 2. The molecule has 0 aliphatic carbocycles.